The van der Waals surface area contributed by atoms with Gasteiger partial charge in [0, 0.05) is 33.2 Å². The topological polar surface area (TPSA) is 138 Å². The van der Waals surface area contributed by atoms with Gasteiger partial charge in [0.15, 0.2) is 5.41 Å². The van der Waals surface area contributed by atoms with Crippen molar-refractivity contribution in [3.05, 3.63) is 60.7 Å². The van der Waals surface area contributed by atoms with Crippen molar-refractivity contribution in [2.45, 2.75) is 64.9 Å². The number of methoxy groups -OCH3 is 1. The van der Waals surface area contributed by atoms with Gasteiger partial charge in [0.1, 0.15) is 5.78 Å². The Morgan fingerprint density at radius 2 is 1.33 bits per heavy atom. The van der Waals surface area contributed by atoms with Gasteiger partial charge in [-0.1, -0.05) is 81.4 Å². The minimum absolute atomic E-state index is 0.0171. The van der Waals surface area contributed by atoms with Crippen molar-refractivity contribution in [1.82, 2.24) is 10.6 Å². The molecule has 12 heteroatoms. The van der Waals surface area contributed by atoms with Crippen LogP contribution in [0.3, 0.4) is 0 Å². The lowest BCUT2D eigenvalue weighted by Crippen LogP contribution is -2.66. The van der Waals surface area contributed by atoms with Crippen LogP contribution in [0.2, 0.25) is 5.04 Å². The molecule has 1 heterocycles. The van der Waals surface area contributed by atoms with Crippen molar-refractivity contribution in [3.63, 3.8) is 0 Å². The molecular formula is C34H48N2O9Si. The van der Waals surface area contributed by atoms with Crippen LogP contribution in [0.1, 0.15) is 53.4 Å². The van der Waals surface area contributed by atoms with Crippen molar-refractivity contribution < 1.29 is 42.6 Å². The van der Waals surface area contributed by atoms with E-state index in [9.17, 15) is 19.2 Å². The Morgan fingerprint density at radius 1 is 0.826 bits per heavy atom. The smallest absolute Gasteiger partial charge is 0.306 e. The number of carbonyl (C=O) groups excluding carboxylic acids is 4. The molecule has 2 amide bonds. The van der Waals surface area contributed by atoms with Gasteiger partial charge in [0.2, 0.25) is 11.8 Å². The van der Waals surface area contributed by atoms with Crippen LogP contribution in [0.4, 0.5) is 0 Å². The average molecular weight is 657 g/mol. The maximum absolute atomic E-state index is 13.5. The zero-order valence-corrected chi connectivity index (χ0v) is 28.6. The van der Waals surface area contributed by atoms with Crippen LogP contribution in [0.5, 0.6) is 0 Å². The molecule has 0 saturated carbocycles. The predicted octanol–water partition coefficient (Wildman–Crippen LogP) is 2.45. The normalized spacial score (nSPS) is 18.4. The monoisotopic (exact) mass is 656 g/mol. The van der Waals surface area contributed by atoms with E-state index in [4.69, 9.17) is 23.4 Å². The summed E-state index contributed by atoms with van der Waals surface area (Å²) >= 11 is 0. The van der Waals surface area contributed by atoms with Gasteiger partial charge in [0.05, 0.1) is 26.2 Å². The Morgan fingerprint density at radius 3 is 1.78 bits per heavy atom. The first kappa shape index (κ1) is 37.0. The van der Waals surface area contributed by atoms with Gasteiger partial charge in [-0.05, 0) is 35.2 Å². The number of carbonyl (C=O) groups is 4. The standard InChI is InChI=1S/C34H48N2O9Si/c1-26(37)18-19-29(38)42-22-12-20-35-30(39)34(24-43-32(41-5)44-25-34)31(40)36-21-13-23-45-46(33(2,3)4,27-14-8-6-9-15-27)28-16-10-7-11-17-28/h6-11,14-17,32H,12-13,18-25H2,1-5H3,(H,35,39)(H,36,40). The maximum Gasteiger partial charge on any atom is 0.306 e. The van der Waals surface area contributed by atoms with Crippen molar-refractivity contribution in [3.8, 4) is 0 Å². The summed E-state index contributed by atoms with van der Waals surface area (Å²) in [4.78, 5) is 49.6. The molecule has 0 bridgehead atoms. The molecule has 2 aromatic rings. The first-order valence-electron chi connectivity index (χ1n) is 15.7. The van der Waals surface area contributed by atoms with E-state index >= 15 is 0 Å². The van der Waals surface area contributed by atoms with E-state index < -0.39 is 38.0 Å². The number of ether oxygens (including phenoxy) is 4. The van der Waals surface area contributed by atoms with Gasteiger partial charge in [-0.25, -0.2) is 0 Å². The van der Waals surface area contributed by atoms with E-state index in [1.807, 2.05) is 36.4 Å². The number of hydrogen-bond donors (Lipinski definition) is 2. The largest absolute Gasteiger partial charge is 0.466 e. The van der Waals surface area contributed by atoms with Crippen LogP contribution in [-0.2, 0) is 42.6 Å². The molecule has 0 unspecified atom stereocenters. The molecule has 1 fully saturated rings. The van der Waals surface area contributed by atoms with Crippen molar-refractivity contribution in [2.24, 2.45) is 5.41 Å². The summed E-state index contributed by atoms with van der Waals surface area (Å²) in [6, 6.07) is 20.6. The molecule has 0 atom stereocenters. The molecule has 0 radical (unpaired) electrons. The highest BCUT2D eigenvalue weighted by molar-refractivity contribution is 6.99. The Balaban J connectivity index is 1.60. The van der Waals surface area contributed by atoms with Crippen LogP contribution >= 0.6 is 0 Å². The van der Waals surface area contributed by atoms with Crippen LogP contribution in [0, 0.1) is 5.41 Å². The zero-order valence-electron chi connectivity index (χ0n) is 27.6. The third-order valence-corrected chi connectivity index (χ3v) is 12.9. The predicted molar refractivity (Wildman–Crippen MR) is 175 cm³/mol. The Kier molecular flexibility index (Phi) is 14.1. The summed E-state index contributed by atoms with van der Waals surface area (Å²) in [5.74, 6) is -1.66. The molecule has 2 aromatic carbocycles. The average Bonchev–Trinajstić information content (AvgIpc) is 3.05. The summed E-state index contributed by atoms with van der Waals surface area (Å²) < 4.78 is 28.1. The third kappa shape index (κ3) is 9.55. The summed E-state index contributed by atoms with van der Waals surface area (Å²) in [6.45, 7) is 7.48. The third-order valence-electron chi connectivity index (χ3n) is 7.89. The molecule has 3 rings (SSSR count). The number of hydrogen-bond acceptors (Lipinski definition) is 9. The minimum Gasteiger partial charge on any atom is -0.466 e. The zero-order chi connectivity index (χ0) is 33.6. The number of nitrogens with one attached hydrogen (secondary N) is 2. The fourth-order valence-corrected chi connectivity index (χ4v) is 10.0. The quantitative estimate of drug-likeness (QED) is 0.114. The molecular weight excluding hydrogens is 608 g/mol. The number of esters is 1. The van der Waals surface area contributed by atoms with Crippen molar-refractivity contribution in [1.29, 1.82) is 0 Å². The van der Waals surface area contributed by atoms with E-state index in [0.29, 0.717) is 19.4 Å². The summed E-state index contributed by atoms with van der Waals surface area (Å²) in [5.41, 5.74) is -1.63. The van der Waals surface area contributed by atoms with Crippen LogP contribution in [-0.4, -0.2) is 85.0 Å². The second-order valence-corrected chi connectivity index (χ2v) is 16.7. The fourth-order valence-electron chi connectivity index (χ4n) is 5.42. The molecule has 11 nitrogen and oxygen atoms in total. The first-order valence-corrected chi connectivity index (χ1v) is 17.6. The number of ketones is 1. The van der Waals surface area contributed by atoms with E-state index in [2.05, 4.69) is 55.7 Å². The highest BCUT2D eigenvalue weighted by Crippen LogP contribution is 2.36. The Hall–Kier alpha value is -3.42. The highest BCUT2D eigenvalue weighted by atomic mass is 28.4. The van der Waals surface area contributed by atoms with Crippen molar-refractivity contribution >= 4 is 42.3 Å². The summed E-state index contributed by atoms with van der Waals surface area (Å²) in [7, 11) is -1.32. The van der Waals surface area contributed by atoms with Crippen LogP contribution in [0.25, 0.3) is 0 Å². The van der Waals surface area contributed by atoms with Crippen LogP contribution in [0.15, 0.2) is 60.7 Å². The number of Topliss-reactive ketones (excluding diaryl/α,β-unsaturated/α-hetero) is 1. The lowest BCUT2D eigenvalue weighted by molar-refractivity contribution is -0.320. The molecule has 1 saturated heterocycles. The Bertz CT molecular complexity index is 1240. The molecule has 1 aliphatic heterocycles. The lowest BCUT2D eigenvalue weighted by atomic mass is 9.86. The molecule has 1 aliphatic rings. The van der Waals surface area contributed by atoms with E-state index in [-0.39, 0.29) is 56.6 Å². The second-order valence-electron chi connectivity index (χ2n) is 12.4. The number of amides is 2. The SMILES string of the molecule is COC1OCC(C(=O)NCCCOC(=O)CCC(C)=O)(C(=O)NCCCO[Si](c2ccccc2)(c2ccccc2)C(C)(C)C)CO1. The molecule has 0 aromatic heterocycles. The van der Waals surface area contributed by atoms with Gasteiger partial charge in [0.25, 0.3) is 14.8 Å². The molecule has 46 heavy (non-hydrogen) atoms. The molecule has 0 aliphatic carbocycles. The molecule has 0 spiro atoms. The lowest BCUT2D eigenvalue weighted by Gasteiger charge is -2.43. The van der Waals surface area contributed by atoms with Gasteiger partial charge in [-0.3, -0.25) is 14.4 Å². The Labute approximate surface area is 272 Å². The molecule has 252 valence electrons. The van der Waals surface area contributed by atoms with Crippen LogP contribution < -0.4 is 21.0 Å². The fraction of sp³-hybridized carbons (Fsp3) is 0.529. The van der Waals surface area contributed by atoms with E-state index in [1.165, 1.54) is 24.4 Å². The number of benzene rings is 2. The summed E-state index contributed by atoms with van der Waals surface area (Å²) in [5, 5.41) is 7.79. The van der Waals surface area contributed by atoms with Gasteiger partial charge in [-0.15, -0.1) is 0 Å². The van der Waals surface area contributed by atoms with E-state index in [1.54, 1.807) is 0 Å². The van der Waals surface area contributed by atoms with Gasteiger partial charge in [-0.2, -0.15) is 0 Å². The summed E-state index contributed by atoms with van der Waals surface area (Å²) in [6.07, 6.45) is 0.993. The minimum atomic E-state index is -2.72. The van der Waals surface area contributed by atoms with Gasteiger partial charge < -0.3 is 38.8 Å². The molecule has 2 N–H and O–H groups in total. The first-order chi connectivity index (χ1) is 22.0. The highest BCUT2D eigenvalue weighted by Gasteiger charge is 2.51. The van der Waals surface area contributed by atoms with Gasteiger partial charge >= 0.3 is 5.97 Å². The van der Waals surface area contributed by atoms with E-state index in [0.717, 1.165) is 0 Å². The maximum atomic E-state index is 13.5. The number of rotatable bonds is 17. The second kappa shape index (κ2) is 17.5. The van der Waals surface area contributed by atoms with Crippen molar-refractivity contribution in [2.75, 3.05) is 46.6 Å².